The van der Waals surface area contributed by atoms with E-state index < -0.39 is 0 Å². The Hall–Kier alpha value is -2.90. The number of hydrogen-bond acceptors (Lipinski definition) is 4. The van der Waals surface area contributed by atoms with Crippen molar-refractivity contribution in [2.45, 2.75) is 6.92 Å². The normalized spacial score (nSPS) is 14.4. The summed E-state index contributed by atoms with van der Waals surface area (Å²) in [4.78, 5) is 27.8. The number of benzene rings is 1. The van der Waals surface area contributed by atoms with Gasteiger partial charge < -0.3 is 14.5 Å². The van der Waals surface area contributed by atoms with E-state index in [9.17, 15) is 14.0 Å². The van der Waals surface area contributed by atoms with E-state index in [4.69, 9.17) is 4.74 Å². The Labute approximate surface area is 150 Å². The molecule has 0 radical (unpaired) electrons. The summed E-state index contributed by atoms with van der Waals surface area (Å²) < 4.78 is 19.6. The lowest BCUT2D eigenvalue weighted by Crippen LogP contribution is -2.51. The minimum atomic E-state index is -0.348. The fourth-order valence-electron chi connectivity index (χ4n) is 2.90. The summed E-state index contributed by atoms with van der Waals surface area (Å²) in [5.41, 5.74) is 1.81. The number of nitrogens with zero attached hydrogens (tertiary/aromatic N) is 4. The molecule has 0 bridgehead atoms. The van der Waals surface area contributed by atoms with Gasteiger partial charge in [0, 0.05) is 38.8 Å². The largest absolute Gasteiger partial charge is 0.450 e. The van der Waals surface area contributed by atoms with Gasteiger partial charge in [-0.2, -0.15) is 5.10 Å². The van der Waals surface area contributed by atoms with Crippen LogP contribution in [0.3, 0.4) is 0 Å². The van der Waals surface area contributed by atoms with Crippen molar-refractivity contribution < 1.29 is 18.7 Å². The molecule has 1 aliphatic rings. The van der Waals surface area contributed by atoms with Crippen molar-refractivity contribution in [3.63, 3.8) is 0 Å². The Kier molecular flexibility index (Phi) is 5.20. The van der Waals surface area contributed by atoms with Crippen LogP contribution in [0.1, 0.15) is 17.4 Å². The maximum absolute atomic E-state index is 13.1. The molecule has 3 rings (SSSR count). The number of carbonyl (C=O) groups excluding carboxylic acids is 2. The number of rotatable bonds is 3. The number of hydrogen-bond donors (Lipinski definition) is 0. The Bertz CT molecular complexity index is 795. The molecule has 1 aromatic heterocycles. The number of carbonyl (C=O) groups is 2. The van der Waals surface area contributed by atoms with Gasteiger partial charge in [-0.15, -0.1) is 0 Å². The molecular weight excluding hydrogens is 339 g/mol. The maximum atomic E-state index is 13.1. The fourth-order valence-corrected chi connectivity index (χ4v) is 2.90. The number of piperazine rings is 1. The minimum Gasteiger partial charge on any atom is -0.450 e. The summed E-state index contributed by atoms with van der Waals surface area (Å²) in [5, 5.41) is 4.36. The third-order valence-electron chi connectivity index (χ3n) is 4.33. The predicted molar refractivity (Wildman–Crippen MR) is 93.1 cm³/mol. The van der Waals surface area contributed by atoms with Crippen LogP contribution in [-0.2, 0) is 11.8 Å². The standard InChI is InChI=1S/C18H21FN4O3/c1-3-26-18(25)23-10-8-22(9-11-23)17(24)16-12-15(20-21(16)2)13-4-6-14(19)7-5-13/h4-7,12H,3,8-11H2,1-2H3. The Morgan fingerprint density at radius 2 is 1.73 bits per heavy atom. The molecule has 7 nitrogen and oxygen atoms in total. The van der Waals surface area contributed by atoms with Crippen LogP contribution in [0.25, 0.3) is 11.3 Å². The molecule has 2 amide bonds. The zero-order chi connectivity index (χ0) is 18.7. The van der Waals surface area contributed by atoms with E-state index in [0.717, 1.165) is 5.56 Å². The zero-order valence-electron chi connectivity index (χ0n) is 14.8. The number of aryl methyl sites for hydroxylation is 1. The predicted octanol–water partition coefficient (Wildman–Crippen LogP) is 2.14. The number of halogens is 1. The van der Waals surface area contributed by atoms with Crippen LogP contribution in [0.4, 0.5) is 9.18 Å². The molecule has 138 valence electrons. The average Bonchev–Trinajstić information content (AvgIpc) is 3.04. The van der Waals surface area contributed by atoms with Crippen LogP contribution in [0.5, 0.6) is 0 Å². The van der Waals surface area contributed by atoms with Crippen LogP contribution >= 0.6 is 0 Å². The van der Waals surface area contributed by atoms with Crippen molar-refractivity contribution >= 4 is 12.0 Å². The molecule has 26 heavy (non-hydrogen) atoms. The minimum absolute atomic E-state index is 0.142. The SMILES string of the molecule is CCOC(=O)N1CCN(C(=O)c2cc(-c3ccc(F)cc3)nn2C)CC1. The van der Waals surface area contributed by atoms with Crippen LogP contribution in [-0.4, -0.2) is 64.4 Å². The zero-order valence-corrected chi connectivity index (χ0v) is 14.8. The average molecular weight is 360 g/mol. The van der Waals surface area contributed by atoms with Gasteiger partial charge >= 0.3 is 6.09 Å². The molecule has 1 fully saturated rings. The summed E-state index contributed by atoms with van der Waals surface area (Å²) >= 11 is 0. The fraction of sp³-hybridized carbons (Fsp3) is 0.389. The molecule has 0 atom stereocenters. The van der Waals surface area contributed by atoms with Gasteiger partial charge in [0.15, 0.2) is 0 Å². The van der Waals surface area contributed by atoms with Crippen LogP contribution in [0.15, 0.2) is 30.3 Å². The third kappa shape index (κ3) is 3.68. The Balaban J connectivity index is 1.69. The molecule has 0 saturated carbocycles. The summed E-state index contributed by atoms with van der Waals surface area (Å²) in [6.07, 6.45) is -0.348. The highest BCUT2D eigenvalue weighted by Crippen LogP contribution is 2.20. The Morgan fingerprint density at radius 1 is 1.12 bits per heavy atom. The van der Waals surface area contributed by atoms with E-state index in [1.807, 2.05) is 0 Å². The summed E-state index contributed by atoms with van der Waals surface area (Å²) in [5.74, 6) is -0.461. The highest BCUT2D eigenvalue weighted by atomic mass is 19.1. The van der Waals surface area contributed by atoms with Crippen molar-refractivity contribution in [3.05, 3.63) is 41.8 Å². The maximum Gasteiger partial charge on any atom is 0.409 e. The van der Waals surface area contributed by atoms with E-state index >= 15 is 0 Å². The lowest BCUT2D eigenvalue weighted by Gasteiger charge is -2.33. The summed E-state index contributed by atoms with van der Waals surface area (Å²) in [7, 11) is 1.70. The third-order valence-corrected chi connectivity index (χ3v) is 4.33. The highest BCUT2D eigenvalue weighted by Gasteiger charge is 2.27. The second kappa shape index (κ2) is 7.55. The second-order valence-electron chi connectivity index (χ2n) is 6.02. The van der Waals surface area contributed by atoms with Gasteiger partial charge in [-0.05, 0) is 37.3 Å². The first-order valence-electron chi connectivity index (χ1n) is 8.50. The van der Waals surface area contributed by atoms with Gasteiger partial charge in [0.25, 0.3) is 5.91 Å². The topological polar surface area (TPSA) is 67.7 Å². The highest BCUT2D eigenvalue weighted by molar-refractivity contribution is 5.94. The van der Waals surface area contributed by atoms with E-state index in [2.05, 4.69) is 5.10 Å². The molecule has 8 heteroatoms. The summed E-state index contributed by atoms with van der Waals surface area (Å²) in [6, 6.07) is 7.68. The first kappa shape index (κ1) is 17.9. The number of aromatic nitrogens is 2. The molecular formula is C18H21FN4O3. The molecule has 1 saturated heterocycles. The Morgan fingerprint density at radius 3 is 2.35 bits per heavy atom. The molecule has 0 spiro atoms. The van der Waals surface area contributed by atoms with Gasteiger partial charge in [0.2, 0.25) is 0 Å². The van der Waals surface area contributed by atoms with Gasteiger partial charge in [-0.25, -0.2) is 9.18 Å². The number of amides is 2. The smallest absolute Gasteiger partial charge is 0.409 e. The quantitative estimate of drug-likeness (QED) is 0.841. The van der Waals surface area contributed by atoms with Crippen molar-refractivity contribution in [1.82, 2.24) is 19.6 Å². The van der Waals surface area contributed by atoms with Crippen molar-refractivity contribution in [2.75, 3.05) is 32.8 Å². The van der Waals surface area contributed by atoms with Crippen molar-refractivity contribution in [3.8, 4) is 11.3 Å². The lowest BCUT2D eigenvalue weighted by atomic mass is 10.1. The summed E-state index contributed by atoms with van der Waals surface area (Å²) in [6.45, 7) is 3.85. The first-order chi connectivity index (χ1) is 12.5. The lowest BCUT2D eigenvalue weighted by molar-refractivity contribution is 0.0562. The molecule has 2 aromatic rings. The van der Waals surface area contributed by atoms with E-state index in [1.54, 1.807) is 42.0 Å². The van der Waals surface area contributed by atoms with Gasteiger partial charge in [0.05, 0.1) is 12.3 Å². The van der Waals surface area contributed by atoms with Crippen LogP contribution in [0, 0.1) is 5.82 Å². The molecule has 2 heterocycles. The second-order valence-corrected chi connectivity index (χ2v) is 6.02. The molecule has 0 aliphatic carbocycles. The number of ether oxygens (including phenoxy) is 1. The van der Waals surface area contributed by atoms with E-state index in [1.165, 1.54) is 16.8 Å². The van der Waals surface area contributed by atoms with Crippen LogP contribution < -0.4 is 0 Å². The van der Waals surface area contributed by atoms with Crippen molar-refractivity contribution in [1.29, 1.82) is 0 Å². The van der Waals surface area contributed by atoms with Gasteiger partial charge in [-0.3, -0.25) is 9.48 Å². The molecule has 0 N–H and O–H groups in total. The molecule has 0 unspecified atom stereocenters. The van der Waals surface area contributed by atoms with E-state index in [-0.39, 0.29) is 17.8 Å². The first-order valence-corrected chi connectivity index (χ1v) is 8.50. The van der Waals surface area contributed by atoms with E-state index in [0.29, 0.717) is 44.2 Å². The van der Waals surface area contributed by atoms with Gasteiger partial charge in [0.1, 0.15) is 11.5 Å². The van der Waals surface area contributed by atoms with Gasteiger partial charge in [-0.1, -0.05) is 0 Å². The van der Waals surface area contributed by atoms with Crippen molar-refractivity contribution in [2.24, 2.45) is 7.05 Å². The van der Waals surface area contributed by atoms with Crippen LogP contribution in [0.2, 0.25) is 0 Å². The monoisotopic (exact) mass is 360 g/mol. The molecule has 1 aliphatic heterocycles. The molecule has 1 aromatic carbocycles.